The molecule has 278 valence electrons. The first-order valence-corrected chi connectivity index (χ1v) is 19.0. The standard InChI is InChI=1S/C52H38N4O2/c1-33-5-15-37(16-6-33)51-45-27-19-39(53-45)31-49-43(25-13-35-9-21-41(57-3)22-10-35)44(26-14-36-11-23-42(58-4)24-12-36)50(56-49)32-40-20-28-46(54-40)52(48-30-29-47(51)55-48)38-17-7-34(2)8-18-38/h5-12,15-24,27-32,53,55H,1-4H3. The number of H-pyrrole nitrogens is 2. The summed E-state index contributed by atoms with van der Waals surface area (Å²) in [5, 5.41) is 0. The van der Waals surface area contributed by atoms with Gasteiger partial charge in [-0.15, -0.1) is 0 Å². The molecular formula is C52H38N4O2. The van der Waals surface area contributed by atoms with Gasteiger partial charge in [0.25, 0.3) is 0 Å². The fourth-order valence-electron chi connectivity index (χ4n) is 7.13. The number of allylic oxidation sites excluding steroid dienone is 2. The highest BCUT2D eigenvalue weighted by Crippen LogP contribution is 2.35. The minimum atomic E-state index is 0.681. The van der Waals surface area contributed by atoms with Gasteiger partial charge >= 0.3 is 0 Å². The molecule has 2 N–H and O–H groups in total. The highest BCUT2D eigenvalue weighted by molar-refractivity contribution is 6.06. The van der Waals surface area contributed by atoms with Crippen molar-refractivity contribution in [3.63, 3.8) is 0 Å². The summed E-state index contributed by atoms with van der Waals surface area (Å²) in [6.07, 6.45) is 4.11. The fraction of sp³-hybridized carbons (Fsp3) is 0.0769. The van der Waals surface area contributed by atoms with Crippen LogP contribution < -0.4 is 9.47 Å². The lowest BCUT2D eigenvalue weighted by molar-refractivity contribution is 0.414. The Bertz CT molecular complexity index is 3070. The number of nitrogens with one attached hydrogen (secondary N) is 2. The molecule has 0 unspecified atom stereocenters. The number of methoxy groups -OCH3 is 2. The Balaban J connectivity index is 1.35. The van der Waals surface area contributed by atoms with Crippen molar-refractivity contribution in [1.82, 2.24) is 19.9 Å². The van der Waals surface area contributed by atoms with E-state index >= 15 is 0 Å². The van der Waals surface area contributed by atoms with Crippen LogP contribution in [0.4, 0.5) is 0 Å². The predicted molar refractivity (Wildman–Crippen MR) is 237 cm³/mol. The molecule has 0 amide bonds. The van der Waals surface area contributed by atoms with Gasteiger partial charge in [0.15, 0.2) is 0 Å². The quantitative estimate of drug-likeness (QED) is 0.176. The molecule has 0 saturated heterocycles. The van der Waals surface area contributed by atoms with Crippen molar-refractivity contribution in [3.8, 4) is 57.4 Å². The van der Waals surface area contributed by atoms with E-state index < -0.39 is 0 Å². The van der Waals surface area contributed by atoms with E-state index in [0.717, 1.165) is 83.9 Å². The van der Waals surface area contributed by atoms with E-state index in [1.165, 1.54) is 11.1 Å². The third kappa shape index (κ3) is 7.31. The lowest BCUT2D eigenvalue weighted by Gasteiger charge is -2.05. The second kappa shape index (κ2) is 15.4. The van der Waals surface area contributed by atoms with Crippen LogP contribution in [0.5, 0.6) is 11.5 Å². The minimum Gasteiger partial charge on any atom is -0.497 e. The van der Waals surface area contributed by atoms with Crippen LogP contribution in [0.3, 0.4) is 0 Å². The van der Waals surface area contributed by atoms with Gasteiger partial charge in [-0.2, -0.15) is 0 Å². The monoisotopic (exact) mass is 750 g/mol. The van der Waals surface area contributed by atoms with Gasteiger partial charge < -0.3 is 19.4 Å². The molecule has 0 spiro atoms. The molecule has 9 rings (SSSR count). The van der Waals surface area contributed by atoms with Gasteiger partial charge in [-0.05, 0) is 122 Å². The van der Waals surface area contributed by atoms with Crippen LogP contribution in [0.15, 0.2) is 133 Å². The SMILES string of the molecule is COc1ccc(C#CC2=C(C#Cc3ccc(OC)cc3)c3cc4ccc([nH]4)c(-c4ccc(C)cc4)c4ccc([nH]4)c(-c4ccc(C)cc4)c4nc(cc2n3)C=C4)cc1. The summed E-state index contributed by atoms with van der Waals surface area (Å²) in [6.45, 7) is 4.21. The molecule has 0 atom stereocenters. The average molecular weight is 751 g/mol. The van der Waals surface area contributed by atoms with Gasteiger partial charge in [-0.25, -0.2) is 9.97 Å². The van der Waals surface area contributed by atoms with Gasteiger partial charge in [-0.1, -0.05) is 83.3 Å². The Morgan fingerprint density at radius 1 is 0.466 bits per heavy atom. The Morgan fingerprint density at radius 2 is 0.966 bits per heavy atom. The molecule has 0 saturated carbocycles. The van der Waals surface area contributed by atoms with E-state index in [9.17, 15) is 0 Å². The summed E-state index contributed by atoms with van der Waals surface area (Å²) in [5.41, 5.74) is 16.5. The summed E-state index contributed by atoms with van der Waals surface area (Å²) >= 11 is 0. The second-order valence-corrected chi connectivity index (χ2v) is 14.2. The highest BCUT2D eigenvalue weighted by Gasteiger charge is 2.20. The van der Waals surface area contributed by atoms with Gasteiger partial charge in [0, 0.05) is 44.3 Å². The Labute approximate surface area is 337 Å². The molecule has 4 aromatic carbocycles. The van der Waals surface area contributed by atoms with Gasteiger partial charge in [0.2, 0.25) is 0 Å². The largest absolute Gasteiger partial charge is 0.497 e. The Kier molecular flexibility index (Phi) is 9.51. The van der Waals surface area contributed by atoms with Gasteiger partial charge in [-0.3, -0.25) is 0 Å². The van der Waals surface area contributed by atoms with Crippen LogP contribution in [-0.2, 0) is 0 Å². The second-order valence-electron chi connectivity index (χ2n) is 14.2. The van der Waals surface area contributed by atoms with Crippen LogP contribution in [0.2, 0.25) is 0 Å². The van der Waals surface area contributed by atoms with Crippen molar-refractivity contribution in [3.05, 3.63) is 178 Å². The van der Waals surface area contributed by atoms with E-state index in [1.54, 1.807) is 14.2 Å². The minimum absolute atomic E-state index is 0.681. The number of ether oxygens (including phenoxy) is 2. The highest BCUT2D eigenvalue weighted by atomic mass is 16.5. The third-order valence-corrected chi connectivity index (χ3v) is 10.2. The number of benzene rings is 4. The summed E-state index contributed by atoms with van der Waals surface area (Å²) in [5.74, 6) is 15.2. The number of hydrogen-bond acceptors (Lipinski definition) is 4. The summed E-state index contributed by atoms with van der Waals surface area (Å²) in [6, 6.07) is 45.2. The maximum absolute atomic E-state index is 5.39. The number of aryl methyl sites for hydroxylation is 2. The van der Waals surface area contributed by atoms with E-state index in [-0.39, 0.29) is 0 Å². The topological polar surface area (TPSA) is 75.8 Å². The van der Waals surface area contributed by atoms with Crippen LogP contribution in [0.1, 0.15) is 45.0 Å². The van der Waals surface area contributed by atoms with Crippen molar-refractivity contribution in [2.45, 2.75) is 13.8 Å². The van der Waals surface area contributed by atoms with Crippen molar-refractivity contribution in [2.24, 2.45) is 0 Å². The first-order valence-electron chi connectivity index (χ1n) is 19.0. The molecule has 7 aromatic rings. The Hall–Kier alpha value is -7.80. The molecule has 0 aliphatic carbocycles. The Morgan fingerprint density at radius 3 is 1.53 bits per heavy atom. The lowest BCUT2D eigenvalue weighted by atomic mass is 10.0. The number of rotatable bonds is 4. The molecule has 6 nitrogen and oxygen atoms in total. The van der Waals surface area contributed by atoms with E-state index in [0.29, 0.717) is 17.0 Å². The molecule has 0 fully saturated rings. The number of fused-ring (bicyclic) bond motifs is 8. The molecule has 3 aromatic heterocycles. The van der Waals surface area contributed by atoms with Crippen molar-refractivity contribution < 1.29 is 9.47 Å². The molecular weight excluding hydrogens is 713 g/mol. The number of aromatic amines is 2. The van der Waals surface area contributed by atoms with Crippen molar-refractivity contribution >= 4 is 45.4 Å². The van der Waals surface area contributed by atoms with Crippen LogP contribution >= 0.6 is 0 Å². The molecule has 2 aliphatic rings. The number of aromatic nitrogens is 4. The molecule has 2 aliphatic heterocycles. The number of nitrogens with zero attached hydrogens (tertiary/aromatic N) is 2. The first-order chi connectivity index (χ1) is 28.4. The van der Waals surface area contributed by atoms with E-state index in [2.05, 4.69) is 126 Å². The van der Waals surface area contributed by atoms with Crippen molar-refractivity contribution in [1.29, 1.82) is 0 Å². The van der Waals surface area contributed by atoms with E-state index in [1.807, 2.05) is 66.7 Å². The van der Waals surface area contributed by atoms with E-state index in [4.69, 9.17) is 19.4 Å². The molecule has 58 heavy (non-hydrogen) atoms. The summed E-state index contributed by atoms with van der Waals surface area (Å²) in [4.78, 5) is 18.0. The first kappa shape index (κ1) is 35.9. The molecule has 0 radical (unpaired) electrons. The van der Waals surface area contributed by atoms with Gasteiger partial charge in [0.1, 0.15) is 11.5 Å². The average Bonchev–Trinajstić information content (AvgIpc) is 4.07. The molecule has 5 heterocycles. The maximum atomic E-state index is 5.39. The third-order valence-electron chi connectivity index (χ3n) is 10.2. The summed E-state index contributed by atoms with van der Waals surface area (Å²) < 4.78 is 10.8. The zero-order valence-electron chi connectivity index (χ0n) is 32.6. The van der Waals surface area contributed by atoms with Crippen LogP contribution in [0, 0.1) is 37.5 Å². The smallest absolute Gasteiger partial charge is 0.118 e. The predicted octanol–water partition coefficient (Wildman–Crippen LogP) is 11.5. The molecule has 8 bridgehead atoms. The fourth-order valence-corrected chi connectivity index (χ4v) is 7.13. The number of hydrogen-bond donors (Lipinski definition) is 2. The zero-order valence-corrected chi connectivity index (χ0v) is 32.6. The normalized spacial score (nSPS) is 11.7. The lowest BCUT2D eigenvalue weighted by Crippen LogP contribution is -1.87. The summed E-state index contributed by atoms with van der Waals surface area (Å²) in [7, 11) is 3.31. The van der Waals surface area contributed by atoms with Crippen molar-refractivity contribution in [2.75, 3.05) is 14.2 Å². The zero-order chi connectivity index (χ0) is 39.6. The van der Waals surface area contributed by atoms with Gasteiger partial charge in [0.05, 0.1) is 48.1 Å². The molecule has 6 heteroatoms. The van der Waals surface area contributed by atoms with Crippen LogP contribution in [-0.4, -0.2) is 34.2 Å². The maximum Gasteiger partial charge on any atom is 0.118 e. The van der Waals surface area contributed by atoms with Crippen LogP contribution in [0.25, 0.3) is 67.6 Å².